The highest BCUT2D eigenvalue weighted by atomic mass is 32.1. The second kappa shape index (κ2) is 6.91. The summed E-state index contributed by atoms with van der Waals surface area (Å²) in [5.74, 6) is -0.0166. The number of anilines is 1. The molecule has 2 aromatic rings. The molecule has 1 heterocycles. The van der Waals surface area contributed by atoms with Crippen LogP contribution in [0.4, 0.5) is 5.69 Å². The summed E-state index contributed by atoms with van der Waals surface area (Å²) < 4.78 is 1.09. The van der Waals surface area contributed by atoms with E-state index in [4.69, 9.17) is 10.8 Å². The van der Waals surface area contributed by atoms with Crippen LogP contribution in [0.15, 0.2) is 18.2 Å². The third kappa shape index (κ3) is 3.36. The van der Waals surface area contributed by atoms with E-state index < -0.39 is 0 Å². The van der Waals surface area contributed by atoms with Gasteiger partial charge in [-0.05, 0) is 31.7 Å². The molecule has 0 aliphatic heterocycles. The lowest BCUT2D eigenvalue weighted by Gasteiger charge is -2.16. The van der Waals surface area contributed by atoms with Gasteiger partial charge < -0.3 is 15.7 Å². The molecule has 4 nitrogen and oxygen atoms in total. The number of carbonyl (C=O) groups excluding carboxylic acids is 1. The molecule has 1 aromatic heterocycles. The Morgan fingerprint density at radius 3 is 2.76 bits per heavy atom. The van der Waals surface area contributed by atoms with Gasteiger partial charge in [0.05, 0.1) is 5.69 Å². The van der Waals surface area contributed by atoms with Gasteiger partial charge in [-0.1, -0.05) is 18.2 Å². The van der Waals surface area contributed by atoms with Crippen molar-refractivity contribution in [3.8, 4) is 0 Å². The van der Waals surface area contributed by atoms with Crippen molar-refractivity contribution < 1.29 is 9.90 Å². The van der Waals surface area contributed by atoms with Crippen LogP contribution in [0, 0.1) is 6.92 Å². The SMILES string of the molecule is Cc1cccc2c(N)c(C(=O)N(C)CCCCCO)sc12. The van der Waals surface area contributed by atoms with E-state index in [0.717, 1.165) is 34.9 Å². The zero-order valence-electron chi connectivity index (χ0n) is 12.6. The van der Waals surface area contributed by atoms with Crippen molar-refractivity contribution in [1.29, 1.82) is 0 Å². The van der Waals surface area contributed by atoms with Crippen molar-refractivity contribution in [2.45, 2.75) is 26.2 Å². The van der Waals surface area contributed by atoms with Crippen LogP contribution in [-0.4, -0.2) is 36.1 Å². The molecule has 0 aliphatic carbocycles. The van der Waals surface area contributed by atoms with Crippen LogP contribution in [0.5, 0.6) is 0 Å². The molecule has 0 radical (unpaired) electrons. The molecule has 1 aromatic carbocycles. The molecule has 1 amide bonds. The highest BCUT2D eigenvalue weighted by Gasteiger charge is 2.20. The van der Waals surface area contributed by atoms with Gasteiger partial charge in [-0.25, -0.2) is 0 Å². The third-order valence-corrected chi connectivity index (χ3v) is 4.99. The number of thiophene rings is 1. The average Bonchev–Trinajstić information content (AvgIpc) is 2.81. The number of benzene rings is 1. The Morgan fingerprint density at radius 1 is 1.33 bits per heavy atom. The zero-order valence-corrected chi connectivity index (χ0v) is 13.4. The number of aryl methyl sites for hydroxylation is 1. The van der Waals surface area contributed by atoms with Crippen LogP contribution in [0.25, 0.3) is 10.1 Å². The van der Waals surface area contributed by atoms with Crippen LogP contribution >= 0.6 is 11.3 Å². The molecule has 0 spiro atoms. The summed E-state index contributed by atoms with van der Waals surface area (Å²) in [6.07, 6.45) is 2.61. The van der Waals surface area contributed by atoms with Gasteiger partial charge in [-0.3, -0.25) is 4.79 Å². The summed E-state index contributed by atoms with van der Waals surface area (Å²) in [4.78, 5) is 14.9. The summed E-state index contributed by atoms with van der Waals surface area (Å²) in [6, 6.07) is 5.96. The molecule has 114 valence electrons. The highest BCUT2D eigenvalue weighted by Crippen LogP contribution is 2.36. The fourth-order valence-electron chi connectivity index (χ4n) is 2.35. The first-order valence-electron chi connectivity index (χ1n) is 7.20. The summed E-state index contributed by atoms with van der Waals surface area (Å²) in [7, 11) is 1.80. The molecule has 0 fully saturated rings. The number of carbonyl (C=O) groups is 1. The fourth-order valence-corrected chi connectivity index (χ4v) is 3.53. The number of rotatable bonds is 6. The first kappa shape index (κ1) is 15.8. The minimum atomic E-state index is -0.0166. The minimum absolute atomic E-state index is 0.0166. The van der Waals surface area contributed by atoms with Gasteiger partial charge in [0.25, 0.3) is 5.91 Å². The van der Waals surface area contributed by atoms with Gasteiger partial charge in [-0.2, -0.15) is 0 Å². The number of hydrogen-bond acceptors (Lipinski definition) is 4. The van der Waals surface area contributed by atoms with E-state index in [-0.39, 0.29) is 12.5 Å². The van der Waals surface area contributed by atoms with E-state index in [1.54, 1.807) is 11.9 Å². The molecule has 0 saturated heterocycles. The predicted octanol–water partition coefficient (Wildman–Crippen LogP) is 3.03. The number of nitrogens with zero attached hydrogens (tertiary/aromatic N) is 1. The predicted molar refractivity (Wildman–Crippen MR) is 88.9 cm³/mol. The first-order chi connectivity index (χ1) is 10.1. The maximum absolute atomic E-state index is 12.5. The van der Waals surface area contributed by atoms with Crippen LogP contribution in [0.1, 0.15) is 34.5 Å². The Bertz CT molecular complexity index is 636. The largest absolute Gasteiger partial charge is 0.397 e. The van der Waals surface area contributed by atoms with Crippen LogP contribution in [0.3, 0.4) is 0 Å². The number of nitrogens with two attached hydrogens (primary N) is 1. The number of aliphatic hydroxyl groups excluding tert-OH is 1. The number of nitrogen functional groups attached to an aromatic ring is 1. The van der Waals surface area contributed by atoms with Crippen LogP contribution < -0.4 is 5.73 Å². The number of unbranched alkanes of at least 4 members (excludes halogenated alkanes) is 2. The molecule has 0 aliphatic rings. The molecule has 0 bridgehead atoms. The zero-order chi connectivity index (χ0) is 15.4. The topological polar surface area (TPSA) is 66.6 Å². The van der Waals surface area contributed by atoms with Crippen molar-refractivity contribution >= 4 is 33.0 Å². The van der Waals surface area contributed by atoms with E-state index >= 15 is 0 Å². The molecule has 0 unspecified atom stereocenters. The second-order valence-electron chi connectivity index (χ2n) is 5.31. The molecule has 5 heteroatoms. The Labute approximate surface area is 129 Å². The van der Waals surface area contributed by atoms with Gasteiger partial charge in [0.2, 0.25) is 0 Å². The Hall–Kier alpha value is -1.59. The average molecular weight is 306 g/mol. The Kier molecular flexibility index (Phi) is 5.20. The summed E-state index contributed by atoms with van der Waals surface area (Å²) in [6.45, 7) is 2.93. The van der Waals surface area contributed by atoms with E-state index in [1.165, 1.54) is 11.3 Å². The van der Waals surface area contributed by atoms with Gasteiger partial charge in [0.1, 0.15) is 4.88 Å². The van der Waals surface area contributed by atoms with Gasteiger partial charge >= 0.3 is 0 Å². The highest BCUT2D eigenvalue weighted by molar-refractivity contribution is 7.21. The van der Waals surface area contributed by atoms with E-state index in [1.807, 2.05) is 25.1 Å². The quantitative estimate of drug-likeness (QED) is 0.806. The number of hydrogen-bond donors (Lipinski definition) is 2. The van der Waals surface area contributed by atoms with Crippen molar-refractivity contribution in [3.05, 3.63) is 28.6 Å². The maximum atomic E-state index is 12.5. The van der Waals surface area contributed by atoms with Crippen molar-refractivity contribution in [2.75, 3.05) is 25.9 Å². The Balaban J connectivity index is 2.15. The lowest BCUT2D eigenvalue weighted by atomic mass is 10.1. The maximum Gasteiger partial charge on any atom is 0.265 e. The van der Waals surface area contributed by atoms with Crippen LogP contribution in [0.2, 0.25) is 0 Å². The summed E-state index contributed by atoms with van der Waals surface area (Å²) >= 11 is 1.47. The number of fused-ring (bicyclic) bond motifs is 1. The van der Waals surface area contributed by atoms with Crippen LogP contribution in [-0.2, 0) is 0 Å². The fraction of sp³-hybridized carbons (Fsp3) is 0.438. The normalized spacial score (nSPS) is 11.0. The molecular weight excluding hydrogens is 284 g/mol. The number of amides is 1. The van der Waals surface area contributed by atoms with Gasteiger partial charge in [0.15, 0.2) is 0 Å². The smallest absolute Gasteiger partial charge is 0.265 e. The number of aliphatic hydroxyl groups is 1. The van der Waals surface area contributed by atoms with Gasteiger partial charge in [0, 0.05) is 30.3 Å². The molecule has 3 N–H and O–H groups in total. The van der Waals surface area contributed by atoms with Crippen molar-refractivity contribution in [1.82, 2.24) is 4.90 Å². The Morgan fingerprint density at radius 2 is 2.10 bits per heavy atom. The van der Waals surface area contributed by atoms with Crippen molar-refractivity contribution in [2.24, 2.45) is 0 Å². The lowest BCUT2D eigenvalue weighted by molar-refractivity contribution is 0.0798. The third-order valence-electron chi connectivity index (χ3n) is 3.64. The molecule has 21 heavy (non-hydrogen) atoms. The molecule has 0 atom stereocenters. The summed E-state index contributed by atoms with van der Waals surface area (Å²) in [5, 5.41) is 9.74. The monoisotopic (exact) mass is 306 g/mol. The summed E-state index contributed by atoms with van der Waals surface area (Å²) in [5.41, 5.74) is 7.89. The van der Waals surface area contributed by atoms with Gasteiger partial charge in [-0.15, -0.1) is 11.3 Å². The van der Waals surface area contributed by atoms with E-state index in [2.05, 4.69) is 0 Å². The van der Waals surface area contributed by atoms with Crippen molar-refractivity contribution in [3.63, 3.8) is 0 Å². The lowest BCUT2D eigenvalue weighted by Crippen LogP contribution is -2.27. The first-order valence-corrected chi connectivity index (χ1v) is 8.01. The molecule has 0 saturated carbocycles. The molecule has 2 rings (SSSR count). The second-order valence-corrected chi connectivity index (χ2v) is 6.33. The molecular formula is C16H22N2O2S. The standard InChI is InChI=1S/C16H22N2O2S/c1-11-7-6-8-12-13(17)15(21-14(11)12)16(20)18(2)9-4-3-5-10-19/h6-8,19H,3-5,9-10,17H2,1-2H3. The van der Waals surface area contributed by atoms with E-state index in [0.29, 0.717) is 17.1 Å². The minimum Gasteiger partial charge on any atom is -0.397 e. The van der Waals surface area contributed by atoms with E-state index in [9.17, 15) is 4.79 Å².